The molecule has 0 atom stereocenters. The van der Waals surface area contributed by atoms with Crippen LogP contribution in [-0.4, -0.2) is 17.0 Å². The van der Waals surface area contributed by atoms with Gasteiger partial charge in [0.25, 0.3) is 0 Å². The van der Waals surface area contributed by atoms with Gasteiger partial charge < -0.3 is 5.32 Å². The highest BCUT2D eigenvalue weighted by Crippen LogP contribution is 2.32. The van der Waals surface area contributed by atoms with Gasteiger partial charge in [-0.15, -0.1) is 0 Å². The van der Waals surface area contributed by atoms with Gasteiger partial charge in [0.2, 0.25) is 0 Å². The maximum Gasteiger partial charge on any atom is 0.162 e. The minimum Gasteiger partial charge on any atom is -0.373 e. The summed E-state index contributed by atoms with van der Waals surface area (Å²) in [6.07, 6.45) is 8.25. The van der Waals surface area contributed by atoms with Crippen LogP contribution in [0.4, 0.5) is 19.0 Å². The van der Waals surface area contributed by atoms with Crippen LogP contribution >= 0.6 is 0 Å². The van der Waals surface area contributed by atoms with Gasteiger partial charge in [-0.2, -0.15) is 0 Å². The Balaban J connectivity index is 0.00000107. The number of nitrogens with zero attached hydrogens (tertiary/aromatic N) is 2. The average molecular weight is 425 g/mol. The van der Waals surface area contributed by atoms with Crippen molar-refractivity contribution < 1.29 is 13.2 Å². The highest BCUT2D eigenvalue weighted by Gasteiger charge is 2.16. The molecule has 1 N–H and O–H groups in total. The topological polar surface area (TPSA) is 37.8 Å². The number of benzene rings is 2. The van der Waals surface area contributed by atoms with Crippen molar-refractivity contribution in [2.45, 2.75) is 27.2 Å². The van der Waals surface area contributed by atoms with Gasteiger partial charge in [-0.05, 0) is 36.8 Å². The molecule has 31 heavy (non-hydrogen) atoms. The third kappa shape index (κ3) is 5.60. The number of anilines is 1. The van der Waals surface area contributed by atoms with E-state index in [-0.39, 0.29) is 16.6 Å². The first-order valence-electron chi connectivity index (χ1n) is 10.00. The summed E-state index contributed by atoms with van der Waals surface area (Å²) in [6, 6.07) is 5.92. The molecule has 162 valence electrons. The summed E-state index contributed by atoms with van der Waals surface area (Å²) in [7, 11) is 1.65. The first kappa shape index (κ1) is 23.9. The van der Waals surface area contributed by atoms with E-state index in [4.69, 9.17) is 0 Å². The van der Waals surface area contributed by atoms with Crippen LogP contribution in [0.2, 0.25) is 0 Å². The summed E-state index contributed by atoms with van der Waals surface area (Å²) in [5, 5.41) is 3.31. The second kappa shape index (κ2) is 11.1. The number of allylic oxidation sites excluding steroid dienone is 5. The molecule has 3 rings (SSSR count). The van der Waals surface area contributed by atoms with Crippen LogP contribution in [0.25, 0.3) is 27.6 Å². The fourth-order valence-corrected chi connectivity index (χ4v) is 2.82. The Morgan fingerprint density at radius 3 is 2.35 bits per heavy atom. The number of hydrogen-bond donors (Lipinski definition) is 1. The highest BCUT2D eigenvalue weighted by molar-refractivity contribution is 5.94. The number of halogens is 3. The fourth-order valence-electron chi connectivity index (χ4n) is 2.82. The minimum absolute atomic E-state index is 0.0908. The molecule has 6 heteroatoms. The van der Waals surface area contributed by atoms with Gasteiger partial charge in [-0.3, -0.25) is 0 Å². The molecule has 2 aromatic carbocycles. The summed E-state index contributed by atoms with van der Waals surface area (Å²) in [4.78, 5) is 8.77. The summed E-state index contributed by atoms with van der Waals surface area (Å²) in [5.41, 5.74) is 1.08. The lowest BCUT2D eigenvalue weighted by atomic mass is 10.0. The molecule has 0 saturated heterocycles. The molecule has 1 heterocycles. The molecule has 0 spiro atoms. The lowest BCUT2D eigenvalue weighted by Crippen LogP contribution is -2.02. The number of aromatic nitrogens is 2. The number of rotatable bonds is 5. The van der Waals surface area contributed by atoms with Crippen molar-refractivity contribution in [2.24, 2.45) is 0 Å². The number of nitrogens with one attached hydrogen (secondary N) is 1. The zero-order valence-corrected chi connectivity index (χ0v) is 18.1. The van der Waals surface area contributed by atoms with Crippen molar-refractivity contribution in [1.82, 2.24) is 9.97 Å². The molecular weight excluding hydrogens is 399 g/mol. The standard InChI is InChI=1S/C22H18F3N3.C3H8/c1-4-6-7-13(5-2)21-27-20-17(22(26-3)28-21)10-14(11-19(20)25)16-9-8-15(23)12-18(16)24;1-3-2/h4-12H,2H2,1,3H3,(H,26,27,28);3H2,1-2H3/b6-4-,13-7+;. The average Bonchev–Trinajstić information content (AvgIpc) is 2.74. The van der Waals surface area contributed by atoms with Crippen molar-refractivity contribution >= 4 is 22.3 Å². The molecule has 3 nitrogen and oxygen atoms in total. The number of fused-ring (bicyclic) bond motifs is 1. The molecule has 0 aliphatic rings. The van der Waals surface area contributed by atoms with Crippen molar-refractivity contribution in [1.29, 1.82) is 0 Å². The predicted molar refractivity (Wildman–Crippen MR) is 123 cm³/mol. The van der Waals surface area contributed by atoms with Gasteiger partial charge in [0.05, 0.1) is 0 Å². The SMILES string of the molecule is C=C/C(=C\C=C/C)c1nc(NC)c2cc(-c3ccc(F)cc3F)cc(F)c2n1.CCC. The van der Waals surface area contributed by atoms with Crippen LogP contribution in [-0.2, 0) is 0 Å². The summed E-state index contributed by atoms with van der Waals surface area (Å²) < 4.78 is 42.2. The first-order valence-corrected chi connectivity index (χ1v) is 10.00. The Morgan fingerprint density at radius 2 is 1.77 bits per heavy atom. The molecule has 0 aliphatic heterocycles. The lowest BCUT2D eigenvalue weighted by molar-refractivity contribution is 0.585. The smallest absolute Gasteiger partial charge is 0.162 e. The van der Waals surface area contributed by atoms with E-state index >= 15 is 0 Å². The van der Waals surface area contributed by atoms with Crippen LogP contribution in [0.15, 0.2) is 61.2 Å². The Kier molecular flexibility index (Phi) is 8.55. The van der Waals surface area contributed by atoms with Gasteiger partial charge in [0, 0.05) is 29.6 Å². The molecular formula is C25H26F3N3. The molecule has 3 aromatic rings. The van der Waals surface area contributed by atoms with Crippen molar-refractivity contribution in [3.8, 4) is 11.1 Å². The molecule has 0 unspecified atom stereocenters. The molecule has 0 bridgehead atoms. The van der Waals surface area contributed by atoms with Gasteiger partial charge in [-0.25, -0.2) is 23.1 Å². The molecule has 0 fully saturated rings. The Bertz CT molecular complexity index is 1130. The Labute approximate surface area is 181 Å². The van der Waals surface area contributed by atoms with E-state index in [2.05, 4.69) is 35.7 Å². The van der Waals surface area contributed by atoms with Crippen molar-refractivity contribution in [3.05, 3.63) is 84.5 Å². The van der Waals surface area contributed by atoms with E-state index in [0.717, 1.165) is 12.1 Å². The van der Waals surface area contributed by atoms with E-state index in [1.54, 1.807) is 31.3 Å². The van der Waals surface area contributed by atoms with Gasteiger partial charge >= 0.3 is 0 Å². The molecule has 0 saturated carbocycles. The largest absolute Gasteiger partial charge is 0.373 e. The van der Waals surface area contributed by atoms with Crippen LogP contribution in [0.3, 0.4) is 0 Å². The Morgan fingerprint density at radius 1 is 1.06 bits per heavy atom. The molecule has 0 aliphatic carbocycles. The lowest BCUT2D eigenvalue weighted by Gasteiger charge is -2.12. The summed E-state index contributed by atoms with van der Waals surface area (Å²) >= 11 is 0. The molecule has 1 aromatic heterocycles. The minimum atomic E-state index is -0.773. The van der Waals surface area contributed by atoms with Crippen molar-refractivity contribution in [2.75, 3.05) is 12.4 Å². The predicted octanol–water partition coefficient (Wildman–Crippen LogP) is 7.32. The molecule has 0 radical (unpaired) electrons. The maximum absolute atomic E-state index is 14.9. The van der Waals surface area contributed by atoms with E-state index in [1.165, 1.54) is 18.6 Å². The zero-order valence-electron chi connectivity index (χ0n) is 18.1. The van der Waals surface area contributed by atoms with Crippen LogP contribution < -0.4 is 5.32 Å². The number of hydrogen-bond acceptors (Lipinski definition) is 3. The maximum atomic E-state index is 14.9. The highest BCUT2D eigenvalue weighted by atomic mass is 19.1. The summed E-state index contributed by atoms with van der Waals surface area (Å²) in [5.74, 6) is -1.41. The van der Waals surface area contributed by atoms with E-state index in [1.807, 2.05) is 13.0 Å². The monoisotopic (exact) mass is 425 g/mol. The van der Waals surface area contributed by atoms with Crippen molar-refractivity contribution in [3.63, 3.8) is 0 Å². The van der Waals surface area contributed by atoms with Gasteiger partial charge in [0.1, 0.15) is 28.8 Å². The van der Waals surface area contributed by atoms with Crippen LogP contribution in [0.5, 0.6) is 0 Å². The third-order valence-corrected chi connectivity index (χ3v) is 4.18. The van der Waals surface area contributed by atoms with Crippen LogP contribution in [0.1, 0.15) is 33.0 Å². The van der Waals surface area contributed by atoms with E-state index in [0.29, 0.717) is 22.6 Å². The molecule has 0 amide bonds. The zero-order chi connectivity index (χ0) is 23.0. The van der Waals surface area contributed by atoms with Crippen LogP contribution in [0, 0.1) is 17.5 Å². The first-order chi connectivity index (χ1) is 14.9. The van der Waals surface area contributed by atoms with E-state index in [9.17, 15) is 13.2 Å². The Hall–Kier alpha value is -3.41. The van der Waals surface area contributed by atoms with Gasteiger partial charge in [0.15, 0.2) is 5.82 Å². The summed E-state index contributed by atoms with van der Waals surface area (Å²) in [6.45, 7) is 9.87. The normalized spacial score (nSPS) is 11.4. The second-order valence-electron chi connectivity index (χ2n) is 6.68. The quantitative estimate of drug-likeness (QED) is 0.435. The van der Waals surface area contributed by atoms with E-state index < -0.39 is 17.5 Å². The van der Waals surface area contributed by atoms with Gasteiger partial charge in [-0.1, -0.05) is 51.2 Å². The third-order valence-electron chi connectivity index (χ3n) is 4.18. The fraction of sp³-hybridized carbons (Fsp3) is 0.200. The second-order valence-corrected chi connectivity index (χ2v) is 6.68.